The molecule has 1 aliphatic heterocycles. The molecule has 0 radical (unpaired) electrons. The fourth-order valence-electron chi connectivity index (χ4n) is 2.35. The van der Waals surface area contributed by atoms with Crippen LogP contribution in [0.2, 0.25) is 5.15 Å². The predicted molar refractivity (Wildman–Crippen MR) is 73.3 cm³/mol. The molecule has 17 heavy (non-hydrogen) atoms. The largest absolute Gasteiger partial charge is 0.327 e. The van der Waals surface area contributed by atoms with Crippen LogP contribution < -0.4 is 0 Å². The van der Waals surface area contributed by atoms with Crippen LogP contribution in [0, 0.1) is 0 Å². The van der Waals surface area contributed by atoms with Gasteiger partial charge in [-0.1, -0.05) is 45.7 Å². The number of nitrogens with zero attached hydrogens (tertiary/aromatic N) is 2. The first-order chi connectivity index (χ1) is 8.27. The molecular weight excluding hydrogens is 300 g/mol. The first kappa shape index (κ1) is 11.3. The molecule has 4 heteroatoms. The minimum Gasteiger partial charge on any atom is -0.327 e. The molecule has 1 aliphatic rings. The minimum absolute atomic E-state index is 0.662. The number of halogens is 2. The molecule has 2 aromatic rings. The molecule has 0 N–H and O–H groups in total. The van der Waals surface area contributed by atoms with Gasteiger partial charge in [-0.05, 0) is 25.3 Å². The molecule has 0 atom stereocenters. The molecule has 2 nitrogen and oxygen atoms in total. The fraction of sp³-hybridized carbons (Fsp3) is 0.308. The van der Waals surface area contributed by atoms with Gasteiger partial charge in [-0.3, -0.25) is 0 Å². The highest BCUT2D eigenvalue weighted by Crippen LogP contribution is 2.33. The second kappa shape index (κ2) is 4.46. The number of aromatic nitrogens is 2. The number of fused-ring (bicyclic) bond motifs is 1. The molecule has 0 saturated heterocycles. The Morgan fingerprint density at radius 3 is 2.88 bits per heavy atom. The van der Waals surface area contributed by atoms with E-state index >= 15 is 0 Å². The highest BCUT2D eigenvalue weighted by Gasteiger charge is 2.20. The summed E-state index contributed by atoms with van der Waals surface area (Å²) in [6.07, 6.45) is 3.45. The molecular formula is C13H12BrClN2. The Morgan fingerprint density at radius 1 is 1.24 bits per heavy atom. The molecule has 0 spiro atoms. The Labute approximate surface area is 114 Å². The van der Waals surface area contributed by atoms with Crippen molar-refractivity contribution in [2.24, 2.45) is 0 Å². The second-order valence-corrected chi connectivity index (χ2v) is 5.47. The number of imidazole rings is 1. The summed E-state index contributed by atoms with van der Waals surface area (Å²) in [4.78, 5) is 4.52. The topological polar surface area (TPSA) is 17.8 Å². The lowest BCUT2D eigenvalue weighted by Gasteiger charge is -2.17. The van der Waals surface area contributed by atoms with Crippen LogP contribution in [0.15, 0.2) is 28.7 Å². The molecule has 2 heterocycles. The summed E-state index contributed by atoms with van der Waals surface area (Å²) >= 11 is 9.79. The average molecular weight is 312 g/mol. The van der Waals surface area contributed by atoms with E-state index in [2.05, 4.69) is 31.5 Å². The zero-order valence-electron chi connectivity index (χ0n) is 9.29. The Morgan fingerprint density at radius 2 is 2.06 bits per heavy atom. The van der Waals surface area contributed by atoms with Gasteiger partial charge in [0.1, 0.15) is 5.82 Å². The lowest BCUT2D eigenvalue weighted by molar-refractivity contribution is 0.536. The Bertz CT molecular complexity index is 563. The van der Waals surface area contributed by atoms with E-state index < -0.39 is 0 Å². The van der Waals surface area contributed by atoms with E-state index in [1.54, 1.807) is 0 Å². The molecule has 0 bridgehead atoms. The van der Waals surface area contributed by atoms with E-state index in [9.17, 15) is 0 Å². The molecule has 0 saturated carbocycles. The smallest absolute Gasteiger partial charge is 0.150 e. The predicted octanol–water partition coefficient (Wildman–Crippen LogP) is 4.30. The van der Waals surface area contributed by atoms with Gasteiger partial charge in [0.25, 0.3) is 0 Å². The van der Waals surface area contributed by atoms with Crippen molar-refractivity contribution in [1.82, 2.24) is 9.55 Å². The van der Waals surface area contributed by atoms with Crippen LogP contribution in [0.3, 0.4) is 0 Å². The van der Waals surface area contributed by atoms with Gasteiger partial charge in [-0.2, -0.15) is 0 Å². The summed E-state index contributed by atoms with van der Waals surface area (Å²) in [6.45, 7) is 1.02. The lowest BCUT2D eigenvalue weighted by Crippen LogP contribution is -2.11. The van der Waals surface area contributed by atoms with Gasteiger partial charge in [0.15, 0.2) is 5.15 Å². The monoisotopic (exact) mass is 310 g/mol. The quantitative estimate of drug-likeness (QED) is 0.767. The van der Waals surface area contributed by atoms with Crippen molar-refractivity contribution in [3.8, 4) is 11.4 Å². The molecule has 0 aliphatic carbocycles. The van der Waals surface area contributed by atoms with Crippen molar-refractivity contribution in [1.29, 1.82) is 0 Å². The van der Waals surface area contributed by atoms with Gasteiger partial charge < -0.3 is 4.57 Å². The van der Waals surface area contributed by atoms with Gasteiger partial charge in [0, 0.05) is 16.6 Å². The first-order valence-corrected chi connectivity index (χ1v) is 6.94. The Kier molecular flexibility index (Phi) is 2.97. The highest BCUT2D eigenvalue weighted by molar-refractivity contribution is 9.10. The van der Waals surface area contributed by atoms with Crippen LogP contribution in [0.1, 0.15) is 18.5 Å². The summed E-state index contributed by atoms with van der Waals surface area (Å²) in [7, 11) is 0. The standard InChI is InChI=1S/C13H12BrClN2/c14-10-6-2-1-5-9(10)13-16-12(15)11-7-3-4-8-17(11)13/h1-2,5-6H,3-4,7-8H2. The average Bonchev–Trinajstić information content (AvgIpc) is 2.68. The summed E-state index contributed by atoms with van der Waals surface area (Å²) in [6, 6.07) is 8.14. The van der Waals surface area contributed by atoms with Crippen LogP contribution in [0.5, 0.6) is 0 Å². The molecule has 1 aromatic carbocycles. The number of benzene rings is 1. The van der Waals surface area contributed by atoms with Crippen LogP contribution in [-0.2, 0) is 13.0 Å². The third kappa shape index (κ3) is 1.91. The van der Waals surface area contributed by atoms with Crippen molar-refractivity contribution in [2.75, 3.05) is 0 Å². The van der Waals surface area contributed by atoms with Crippen molar-refractivity contribution in [3.05, 3.63) is 39.6 Å². The fourth-order valence-corrected chi connectivity index (χ4v) is 3.09. The van der Waals surface area contributed by atoms with E-state index in [4.69, 9.17) is 11.6 Å². The van der Waals surface area contributed by atoms with E-state index in [-0.39, 0.29) is 0 Å². The van der Waals surface area contributed by atoms with Gasteiger partial charge in [-0.15, -0.1) is 0 Å². The van der Waals surface area contributed by atoms with Crippen LogP contribution in [-0.4, -0.2) is 9.55 Å². The third-order valence-electron chi connectivity index (χ3n) is 3.18. The summed E-state index contributed by atoms with van der Waals surface area (Å²) in [5, 5.41) is 0.662. The lowest BCUT2D eigenvalue weighted by atomic mass is 10.1. The first-order valence-electron chi connectivity index (χ1n) is 5.77. The van der Waals surface area contributed by atoms with E-state index in [1.807, 2.05) is 18.2 Å². The second-order valence-electron chi connectivity index (χ2n) is 4.26. The van der Waals surface area contributed by atoms with E-state index in [0.717, 1.165) is 28.8 Å². The van der Waals surface area contributed by atoms with Gasteiger partial charge >= 0.3 is 0 Å². The molecule has 1 aromatic heterocycles. The van der Waals surface area contributed by atoms with Gasteiger partial charge in [0.05, 0.1) is 5.69 Å². The normalized spacial score (nSPS) is 14.7. The maximum Gasteiger partial charge on any atom is 0.150 e. The maximum atomic E-state index is 6.22. The molecule has 0 fully saturated rings. The van der Waals surface area contributed by atoms with Crippen LogP contribution in [0.25, 0.3) is 11.4 Å². The molecule has 0 amide bonds. The Balaban J connectivity index is 2.19. The minimum atomic E-state index is 0.662. The number of hydrogen-bond acceptors (Lipinski definition) is 1. The van der Waals surface area contributed by atoms with E-state index in [1.165, 1.54) is 18.5 Å². The molecule has 0 unspecified atom stereocenters. The highest BCUT2D eigenvalue weighted by atomic mass is 79.9. The molecule has 88 valence electrons. The van der Waals surface area contributed by atoms with Gasteiger partial charge in [-0.25, -0.2) is 4.98 Å². The third-order valence-corrected chi connectivity index (χ3v) is 4.18. The van der Waals surface area contributed by atoms with Crippen molar-refractivity contribution < 1.29 is 0 Å². The Hall–Kier alpha value is -0.800. The van der Waals surface area contributed by atoms with Crippen LogP contribution >= 0.6 is 27.5 Å². The zero-order chi connectivity index (χ0) is 11.8. The zero-order valence-corrected chi connectivity index (χ0v) is 11.6. The number of rotatable bonds is 1. The van der Waals surface area contributed by atoms with Gasteiger partial charge in [0.2, 0.25) is 0 Å². The van der Waals surface area contributed by atoms with Crippen molar-refractivity contribution in [3.63, 3.8) is 0 Å². The van der Waals surface area contributed by atoms with E-state index in [0.29, 0.717) is 5.15 Å². The number of hydrogen-bond donors (Lipinski definition) is 0. The summed E-state index contributed by atoms with van der Waals surface area (Å²) in [5.74, 6) is 0.983. The summed E-state index contributed by atoms with van der Waals surface area (Å²) < 4.78 is 3.32. The maximum absolute atomic E-state index is 6.22. The van der Waals surface area contributed by atoms with Crippen molar-refractivity contribution in [2.45, 2.75) is 25.8 Å². The molecule has 3 rings (SSSR count). The SMILES string of the molecule is Clc1nc(-c2ccccc2Br)n2c1CCCC2. The van der Waals surface area contributed by atoms with Crippen LogP contribution in [0.4, 0.5) is 0 Å². The van der Waals surface area contributed by atoms with Crippen molar-refractivity contribution >= 4 is 27.5 Å². The summed E-state index contributed by atoms with van der Waals surface area (Å²) in [5.41, 5.74) is 2.30.